The van der Waals surface area contributed by atoms with Gasteiger partial charge in [-0.2, -0.15) is 0 Å². The molecule has 2 aromatic heterocycles. The third-order valence-corrected chi connectivity index (χ3v) is 5.29. The molecule has 4 rings (SSSR count). The van der Waals surface area contributed by atoms with Gasteiger partial charge in [0.15, 0.2) is 17.4 Å². The van der Waals surface area contributed by atoms with E-state index in [1.54, 1.807) is 25.8 Å². The van der Waals surface area contributed by atoms with Crippen molar-refractivity contribution in [3.63, 3.8) is 0 Å². The summed E-state index contributed by atoms with van der Waals surface area (Å²) in [5.74, 6) is 8.64. The van der Waals surface area contributed by atoms with Gasteiger partial charge in [0.25, 0.3) is 0 Å². The van der Waals surface area contributed by atoms with Crippen molar-refractivity contribution >= 4 is 5.95 Å². The third-order valence-electron chi connectivity index (χ3n) is 5.29. The maximum Gasteiger partial charge on any atom is 0.219 e. The van der Waals surface area contributed by atoms with Gasteiger partial charge in [0.1, 0.15) is 6.26 Å². The molecule has 7 nitrogen and oxygen atoms in total. The molecule has 31 heavy (non-hydrogen) atoms. The number of ether oxygens (including phenoxy) is 2. The van der Waals surface area contributed by atoms with Gasteiger partial charge in [0.05, 0.1) is 30.4 Å². The summed E-state index contributed by atoms with van der Waals surface area (Å²) in [5.41, 5.74) is 8.11. The molecule has 1 unspecified atom stereocenters. The van der Waals surface area contributed by atoms with E-state index in [0.29, 0.717) is 17.9 Å². The molecule has 0 amide bonds. The van der Waals surface area contributed by atoms with E-state index < -0.39 is 0 Å². The van der Waals surface area contributed by atoms with Crippen molar-refractivity contribution in [1.82, 2.24) is 15.0 Å². The van der Waals surface area contributed by atoms with Crippen molar-refractivity contribution in [2.45, 2.75) is 51.0 Å². The van der Waals surface area contributed by atoms with E-state index in [-0.39, 0.29) is 18.0 Å². The molecule has 1 aliphatic carbocycles. The van der Waals surface area contributed by atoms with Gasteiger partial charge in [-0.25, -0.2) is 15.0 Å². The normalized spacial score (nSPS) is 14.6. The van der Waals surface area contributed by atoms with Crippen LogP contribution in [-0.4, -0.2) is 28.2 Å². The lowest BCUT2D eigenvalue weighted by Crippen LogP contribution is -2.12. The minimum absolute atomic E-state index is 0.160. The first-order chi connectivity index (χ1) is 15.1. The Morgan fingerprint density at radius 3 is 2.65 bits per heavy atom. The molecule has 160 valence electrons. The highest BCUT2D eigenvalue weighted by Gasteiger charge is 2.21. The van der Waals surface area contributed by atoms with Crippen LogP contribution >= 0.6 is 0 Å². The van der Waals surface area contributed by atoms with Gasteiger partial charge < -0.3 is 19.6 Å². The summed E-state index contributed by atoms with van der Waals surface area (Å²) < 4.78 is 17.4. The van der Waals surface area contributed by atoms with Gasteiger partial charge in [-0.05, 0) is 50.3 Å². The number of rotatable bonds is 6. The lowest BCUT2D eigenvalue weighted by Gasteiger charge is -2.18. The molecule has 2 N–H and O–H groups in total. The van der Waals surface area contributed by atoms with Gasteiger partial charge in [-0.3, -0.25) is 0 Å². The largest absolute Gasteiger partial charge is 0.493 e. The minimum Gasteiger partial charge on any atom is -0.493 e. The van der Waals surface area contributed by atoms with Crippen molar-refractivity contribution in [1.29, 1.82) is 0 Å². The van der Waals surface area contributed by atoms with Gasteiger partial charge in [0.2, 0.25) is 5.95 Å². The molecule has 2 heterocycles. The molecule has 1 fully saturated rings. The summed E-state index contributed by atoms with van der Waals surface area (Å²) >= 11 is 0. The summed E-state index contributed by atoms with van der Waals surface area (Å²) in [6, 6.07) is 5.96. The molecule has 0 bridgehead atoms. The van der Waals surface area contributed by atoms with Crippen molar-refractivity contribution in [2.75, 3.05) is 12.8 Å². The van der Waals surface area contributed by atoms with Crippen LogP contribution in [0, 0.1) is 18.8 Å². The first-order valence-electron chi connectivity index (χ1n) is 10.5. The fraction of sp³-hybridized carbons (Fsp3) is 0.375. The zero-order chi connectivity index (χ0) is 21.6. The number of nitrogens with zero attached hydrogens (tertiary/aromatic N) is 3. The van der Waals surface area contributed by atoms with Crippen LogP contribution in [0.2, 0.25) is 0 Å². The molecule has 0 spiro atoms. The number of aromatic nitrogens is 3. The topological polar surface area (TPSA) is 96.3 Å². The van der Waals surface area contributed by atoms with Gasteiger partial charge in [0, 0.05) is 18.8 Å². The van der Waals surface area contributed by atoms with Crippen LogP contribution in [0.3, 0.4) is 0 Å². The van der Waals surface area contributed by atoms with E-state index in [0.717, 1.165) is 35.6 Å². The van der Waals surface area contributed by atoms with E-state index >= 15 is 0 Å². The average molecular weight is 418 g/mol. The molecule has 1 aromatic carbocycles. The first-order valence-corrected chi connectivity index (χ1v) is 10.5. The monoisotopic (exact) mass is 418 g/mol. The zero-order valence-corrected chi connectivity index (χ0v) is 17.8. The molecule has 1 saturated carbocycles. The predicted molar refractivity (Wildman–Crippen MR) is 117 cm³/mol. The fourth-order valence-corrected chi connectivity index (χ4v) is 3.68. The molecular weight excluding hydrogens is 392 g/mol. The SMILES string of the molecule is COc1ccc(C(C#Cc2cnc(N)nc2)Cc2nc(C)co2)cc1OC1CCCC1. The van der Waals surface area contributed by atoms with E-state index in [2.05, 4.69) is 26.8 Å². The zero-order valence-electron chi connectivity index (χ0n) is 17.8. The number of oxazole rings is 1. The van der Waals surface area contributed by atoms with E-state index in [9.17, 15) is 0 Å². The van der Waals surface area contributed by atoms with Crippen LogP contribution in [0.15, 0.2) is 41.3 Å². The summed E-state index contributed by atoms with van der Waals surface area (Å²) in [4.78, 5) is 12.5. The van der Waals surface area contributed by atoms with E-state index in [1.807, 2.05) is 25.1 Å². The Morgan fingerprint density at radius 1 is 1.19 bits per heavy atom. The number of benzene rings is 1. The standard InChI is InChI=1S/C24H26N4O3/c1-16-15-30-23(28-16)12-19(8-7-17-13-26-24(25)27-14-17)18-9-10-21(29-2)22(11-18)31-20-5-3-4-6-20/h9-11,13-15,19-20H,3-6,12H2,1-2H3,(H2,25,26,27). The maximum atomic E-state index is 6.27. The highest BCUT2D eigenvalue weighted by Crippen LogP contribution is 2.35. The Hall–Kier alpha value is -3.53. The number of methoxy groups -OCH3 is 1. The predicted octanol–water partition coefficient (Wildman–Crippen LogP) is 4.06. The van der Waals surface area contributed by atoms with Crippen LogP contribution in [-0.2, 0) is 6.42 Å². The van der Waals surface area contributed by atoms with E-state index in [1.165, 1.54) is 12.8 Å². The number of hydrogen-bond donors (Lipinski definition) is 1. The molecule has 1 aliphatic rings. The van der Waals surface area contributed by atoms with Crippen LogP contribution in [0.25, 0.3) is 0 Å². The number of nitrogen functional groups attached to an aromatic ring is 1. The molecule has 0 aliphatic heterocycles. The third kappa shape index (κ3) is 5.34. The minimum atomic E-state index is -0.160. The molecule has 3 aromatic rings. The molecule has 7 heteroatoms. The molecule has 0 radical (unpaired) electrons. The highest BCUT2D eigenvalue weighted by molar-refractivity contribution is 5.47. The highest BCUT2D eigenvalue weighted by atomic mass is 16.5. The van der Waals surface area contributed by atoms with Crippen molar-refractivity contribution in [3.05, 3.63) is 59.6 Å². The second-order valence-corrected chi connectivity index (χ2v) is 7.67. The number of hydrogen-bond acceptors (Lipinski definition) is 7. The molecular formula is C24H26N4O3. The van der Waals surface area contributed by atoms with Gasteiger partial charge >= 0.3 is 0 Å². The second kappa shape index (κ2) is 9.52. The molecule has 1 atom stereocenters. The fourth-order valence-electron chi connectivity index (χ4n) is 3.68. The van der Waals surface area contributed by atoms with Gasteiger partial charge in [-0.15, -0.1) is 0 Å². The average Bonchev–Trinajstić information content (AvgIpc) is 3.44. The number of nitrogens with two attached hydrogens (primary N) is 1. The number of anilines is 1. The van der Waals surface area contributed by atoms with E-state index in [4.69, 9.17) is 19.6 Å². The summed E-state index contributed by atoms with van der Waals surface area (Å²) in [6.45, 7) is 1.90. The van der Waals surface area contributed by atoms with Crippen molar-refractivity contribution in [3.8, 4) is 23.3 Å². The lowest BCUT2D eigenvalue weighted by atomic mass is 9.95. The Morgan fingerprint density at radius 2 is 1.97 bits per heavy atom. The van der Waals surface area contributed by atoms with Crippen LogP contribution in [0.1, 0.15) is 54.3 Å². The van der Waals surface area contributed by atoms with Crippen molar-refractivity contribution in [2.24, 2.45) is 0 Å². The summed E-state index contributed by atoms with van der Waals surface area (Å²) in [6.07, 6.45) is 10.2. The van der Waals surface area contributed by atoms with Crippen LogP contribution < -0.4 is 15.2 Å². The smallest absolute Gasteiger partial charge is 0.219 e. The van der Waals surface area contributed by atoms with Crippen LogP contribution in [0.5, 0.6) is 11.5 Å². The quantitative estimate of drug-likeness (QED) is 0.603. The summed E-state index contributed by atoms with van der Waals surface area (Å²) in [7, 11) is 1.66. The Balaban J connectivity index is 1.65. The van der Waals surface area contributed by atoms with Gasteiger partial charge in [-0.1, -0.05) is 17.9 Å². The Labute approximate surface area is 182 Å². The maximum absolute atomic E-state index is 6.27. The Bertz CT molecular complexity index is 1080. The van der Waals surface area contributed by atoms with Crippen LogP contribution in [0.4, 0.5) is 5.95 Å². The number of aryl methyl sites for hydroxylation is 1. The lowest BCUT2D eigenvalue weighted by molar-refractivity contribution is 0.200. The first kappa shape index (κ1) is 20.7. The van der Waals surface area contributed by atoms with Crippen molar-refractivity contribution < 1.29 is 13.9 Å². The summed E-state index contributed by atoms with van der Waals surface area (Å²) in [5, 5.41) is 0. The molecule has 0 saturated heterocycles. The second-order valence-electron chi connectivity index (χ2n) is 7.67. The Kier molecular flexibility index (Phi) is 6.37.